The molecule has 0 saturated heterocycles. The lowest BCUT2D eigenvalue weighted by atomic mass is 9.53. The Hall–Kier alpha value is -0.780. The molecule has 0 bridgehead atoms. The molecule has 8 atom stereocenters. The third-order valence-corrected chi connectivity index (χ3v) is 10.9. The summed E-state index contributed by atoms with van der Waals surface area (Å²) in [6, 6.07) is 0. The van der Waals surface area contributed by atoms with E-state index >= 15 is 0 Å². The van der Waals surface area contributed by atoms with Crippen LogP contribution in [0.15, 0.2) is 35.5 Å². The van der Waals surface area contributed by atoms with E-state index in [4.69, 9.17) is 0 Å². The molecule has 5 aliphatic rings. The van der Waals surface area contributed by atoms with Crippen molar-refractivity contribution in [2.75, 3.05) is 0 Å². The van der Waals surface area contributed by atoms with Gasteiger partial charge in [0, 0.05) is 0 Å². The maximum atomic E-state index is 2.70. The average Bonchev–Trinajstić information content (AvgIpc) is 3.14. The van der Waals surface area contributed by atoms with E-state index in [0.717, 1.165) is 23.7 Å². The number of rotatable bonds is 4. The van der Waals surface area contributed by atoms with Crippen LogP contribution in [-0.4, -0.2) is 0 Å². The molecular formula is C28H42. The summed E-state index contributed by atoms with van der Waals surface area (Å²) < 4.78 is 0. The van der Waals surface area contributed by atoms with Crippen LogP contribution in [0.1, 0.15) is 86.5 Å². The summed E-state index contributed by atoms with van der Waals surface area (Å²) in [5, 5.41) is 0. The first-order valence-electron chi connectivity index (χ1n) is 12.3. The highest BCUT2D eigenvalue weighted by Crippen LogP contribution is 2.79. The lowest BCUT2D eigenvalue weighted by Gasteiger charge is -2.51. The number of hydrogen-bond acceptors (Lipinski definition) is 0. The molecule has 2 unspecified atom stereocenters. The van der Waals surface area contributed by atoms with Crippen molar-refractivity contribution in [2.45, 2.75) is 86.5 Å². The SMILES string of the molecule is CC(C)[C@@H](C)C=C[C@@H](C)[C@H]1CCC2=C3C=CC45CC4CC[C@]5(C)[C@H]3CC[C@@]21C. The zero-order valence-corrected chi connectivity index (χ0v) is 19.2. The molecule has 0 aromatic heterocycles. The Morgan fingerprint density at radius 3 is 2.50 bits per heavy atom. The average molecular weight is 379 g/mol. The van der Waals surface area contributed by atoms with Gasteiger partial charge in [-0.3, -0.25) is 0 Å². The zero-order chi connectivity index (χ0) is 19.9. The fourth-order valence-electron chi connectivity index (χ4n) is 8.42. The van der Waals surface area contributed by atoms with E-state index < -0.39 is 0 Å². The summed E-state index contributed by atoms with van der Waals surface area (Å²) in [6.07, 6.45) is 20.5. The first kappa shape index (κ1) is 19.2. The van der Waals surface area contributed by atoms with Crippen LogP contribution in [0.3, 0.4) is 0 Å². The van der Waals surface area contributed by atoms with E-state index in [2.05, 4.69) is 65.8 Å². The van der Waals surface area contributed by atoms with Crippen LogP contribution in [0.2, 0.25) is 0 Å². The van der Waals surface area contributed by atoms with Crippen LogP contribution in [0.5, 0.6) is 0 Å². The smallest absolute Gasteiger partial charge is 0.00239 e. The Morgan fingerprint density at radius 1 is 1.00 bits per heavy atom. The van der Waals surface area contributed by atoms with Gasteiger partial charge in [-0.15, -0.1) is 0 Å². The maximum Gasteiger partial charge on any atom is -0.00239 e. The van der Waals surface area contributed by atoms with Gasteiger partial charge in [0.25, 0.3) is 0 Å². The van der Waals surface area contributed by atoms with Crippen molar-refractivity contribution in [1.29, 1.82) is 0 Å². The minimum Gasteiger partial charge on any atom is -0.0852 e. The molecule has 154 valence electrons. The van der Waals surface area contributed by atoms with Gasteiger partial charge in [0.15, 0.2) is 0 Å². The number of hydrogen-bond donors (Lipinski definition) is 0. The summed E-state index contributed by atoms with van der Waals surface area (Å²) in [6.45, 7) is 14.9. The summed E-state index contributed by atoms with van der Waals surface area (Å²) in [5.41, 5.74) is 5.32. The third kappa shape index (κ3) is 2.36. The van der Waals surface area contributed by atoms with Crippen LogP contribution in [0, 0.1) is 51.8 Å². The molecule has 0 heteroatoms. The predicted molar refractivity (Wildman–Crippen MR) is 120 cm³/mol. The topological polar surface area (TPSA) is 0 Å². The first-order valence-corrected chi connectivity index (χ1v) is 12.3. The summed E-state index contributed by atoms with van der Waals surface area (Å²) in [4.78, 5) is 0. The Balaban J connectivity index is 1.45. The van der Waals surface area contributed by atoms with Gasteiger partial charge in [-0.2, -0.15) is 0 Å². The molecule has 28 heavy (non-hydrogen) atoms. The molecule has 5 rings (SSSR count). The minimum atomic E-state index is 0.448. The molecule has 0 radical (unpaired) electrons. The molecule has 0 aliphatic heterocycles. The van der Waals surface area contributed by atoms with Crippen LogP contribution in [0.25, 0.3) is 0 Å². The quantitative estimate of drug-likeness (QED) is 0.435. The van der Waals surface area contributed by atoms with Gasteiger partial charge in [0.05, 0.1) is 0 Å². The van der Waals surface area contributed by atoms with E-state index in [-0.39, 0.29) is 0 Å². The molecule has 3 fully saturated rings. The molecule has 0 aromatic carbocycles. The van der Waals surface area contributed by atoms with Gasteiger partial charge in [-0.25, -0.2) is 0 Å². The second-order valence-electron chi connectivity index (χ2n) is 12.2. The van der Waals surface area contributed by atoms with Crippen LogP contribution < -0.4 is 0 Å². The molecule has 0 heterocycles. The molecule has 5 aliphatic carbocycles. The van der Waals surface area contributed by atoms with Crippen molar-refractivity contribution < 1.29 is 0 Å². The number of fused-ring (bicyclic) bond motifs is 3. The normalized spacial score (nSPS) is 48.5. The van der Waals surface area contributed by atoms with Crippen molar-refractivity contribution in [2.24, 2.45) is 51.8 Å². The molecule has 0 N–H and O–H groups in total. The molecule has 1 spiro atoms. The van der Waals surface area contributed by atoms with E-state index in [1.165, 1.54) is 44.9 Å². The van der Waals surface area contributed by atoms with Crippen molar-refractivity contribution in [3.05, 3.63) is 35.5 Å². The molecule has 3 saturated carbocycles. The van der Waals surface area contributed by atoms with Crippen molar-refractivity contribution in [1.82, 2.24) is 0 Å². The van der Waals surface area contributed by atoms with E-state index in [1.807, 2.05) is 11.1 Å². The van der Waals surface area contributed by atoms with E-state index in [1.54, 1.807) is 0 Å². The molecule has 0 amide bonds. The highest BCUT2D eigenvalue weighted by Gasteiger charge is 2.71. The molecule has 0 aromatic rings. The van der Waals surface area contributed by atoms with E-state index in [9.17, 15) is 0 Å². The van der Waals surface area contributed by atoms with Gasteiger partial charge in [0.1, 0.15) is 0 Å². The van der Waals surface area contributed by atoms with Gasteiger partial charge in [0.2, 0.25) is 0 Å². The Kier molecular flexibility index (Phi) is 4.19. The van der Waals surface area contributed by atoms with Gasteiger partial charge in [-0.05, 0) is 102 Å². The van der Waals surface area contributed by atoms with Crippen LogP contribution in [-0.2, 0) is 0 Å². The molecule has 0 nitrogen and oxygen atoms in total. The highest BCUT2D eigenvalue weighted by atomic mass is 14.7. The predicted octanol–water partition coefficient (Wildman–Crippen LogP) is 7.97. The monoisotopic (exact) mass is 378 g/mol. The highest BCUT2D eigenvalue weighted by molar-refractivity contribution is 5.46. The van der Waals surface area contributed by atoms with Gasteiger partial charge < -0.3 is 0 Å². The summed E-state index contributed by atoms with van der Waals surface area (Å²) in [7, 11) is 0. The van der Waals surface area contributed by atoms with Crippen LogP contribution >= 0.6 is 0 Å². The standard InChI is InChI=1S/C28H42/c1-18(2)19(3)7-8-20(4)23-9-10-24-22-12-16-28-17-21(28)11-15-27(28,6)25(22)13-14-26(23,24)5/h7-8,12,16,18-21,23,25H,9-11,13-15,17H2,1-6H3/t19-,20+,21?,23+,25-,26+,27+,28?/m0/s1. The summed E-state index contributed by atoms with van der Waals surface area (Å²) in [5.74, 6) is 4.86. The first-order chi connectivity index (χ1) is 13.2. The van der Waals surface area contributed by atoms with Crippen molar-refractivity contribution in [3.8, 4) is 0 Å². The minimum absolute atomic E-state index is 0.448. The Bertz CT molecular complexity index is 750. The third-order valence-electron chi connectivity index (χ3n) is 10.9. The van der Waals surface area contributed by atoms with Gasteiger partial charge in [-0.1, -0.05) is 71.4 Å². The molecular weight excluding hydrogens is 336 g/mol. The van der Waals surface area contributed by atoms with Crippen LogP contribution in [0.4, 0.5) is 0 Å². The lowest BCUT2D eigenvalue weighted by Crippen LogP contribution is -2.42. The summed E-state index contributed by atoms with van der Waals surface area (Å²) >= 11 is 0. The number of allylic oxidation sites excluding steroid dienone is 6. The van der Waals surface area contributed by atoms with E-state index in [0.29, 0.717) is 28.1 Å². The van der Waals surface area contributed by atoms with Crippen molar-refractivity contribution in [3.63, 3.8) is 0 Å². The second-order valence-corrected chi connectivity index (χ2v) is 12.2. The lowest BCUT2D eigenvalue weighted by molar-refractivity contribution is 0.0893. The Morgan fingerprint density at radius 2 is 1.79 bits per heavy atom. The Labute approximate surface area is 173 Å². The largest absolute Gasteiger partial charge is 0.0852 e. The van der Waals surface area contributed by atoms with Gasteiger partial charge >= 0.3 is 0 Å². The maximum absolute atomic E-state index is 2.70. The zero-order valence-electron chi connectivity index (χ0n) is 19.2. The van der Waals surface area contributed by atoms with Crippen molar-refractivity contribution >= 4 is 0 Å². The fourth-order valence-corrected chi connectivity index (χ4v) is 8.42. The fraction of sp³-hybridized carbons (Fsp3) is 0.786. The second kappa shape index (κ2) is 6.12.